The molecule has 2 aromatic carbocycles. The van der Waals surface area contributed by atoms with Gasteiger partial charge in [-0.05, 0) is 24.3 Å². The molecule has 0 bridgehead atoms. The van der Waals surface area contributed by atoms with E-state index in [0.29, 0.717) is 12.1 Å². The van der Waals surface area contributed by atoms with E-state index in [1.807, 2.05) is 0 Å². The Labute approximate surface area is 141 Å². The van der Waals surface area contributed by atoms with Gasteiger partial charge in [0.15, 0.2) is 0 Å². The molecule has 0 radical (unpaired) electrons. The van der Waals surface area contributed by atoms with Crippen LogP contribution in [0.15, 0.2) is 36.4 Å². The minimum absolute atomic E-state index is 0.223. The first-order valence-electron chi connectivity index (χ1n) is 6.39. The third-order valence-electron chi connectivity index (χ3n) is 3.05. The maximum Gasteiger partial charge on any atom is 0.416 e. The predicted octanol–water partition coefficient (Wildman–Crippen LogP) is 6.03. The number of hydrogen-bond acceptors (Lipinski definition) is 3. The van der Waals surface area contributed by atoms with Crippen molar-refractivity contribution in [3.63, 3.8) is 0 Å². The van der Waals surface area contributed by atoms with Gasteiger partial charge < -0.3 is 5.32 Å². The van der Waals surface area contributed by atoms with E-state index in [0.717, 1.165) is 18.2 Å². The van der Waals surface area contributed by atoms with Gasteiger partial charge in [0.1, 0.15) is 5.69 Å². The molecule has 0 atom stereocenters. The molecule has 2 aromatic rings. The van der Waals surface area contributed by atoms with E-state index in [9.17, 15) is 36.5 Å². The Bertz CT molecular complexity index is 820. The molecule has 0 spiro atoms. The van der Waals surface area contributed by atoms with Gasteiger partial charge in [-0.1, -0.05) is 17.7 Å². The van der Waals surface area contributed by atoms with Gasteiger partial charge in [0, 0.05) is 11.8 Å². The van der Waals surface area contributed by atoms with Gasteiger partial charge in [0.05, 0.1) is 21.1 Å². The van der Waals surface area contributed by atoms with E-state index in [2.05, 4.69) is 5.32 Å². The second-order valence-corrected chi connectivity index (χ2v) is 5.22. The highest BCUT2D eigenvalue weighted by Gasteiger charge is 2.35. The van der Waals surface area contributed by atoms with Gasteiger partial charge in [0.25, 0.3) is 5.69 Å². The summed E-state index contributed by atoms with van der Waals surface area (Å²) in [6, 6.07) is 4.32. The van der Waals surface area contributed by atoms with Crippen LogP contribution < -0.4 is 5.32 Å². The summed E-state index contributed by atoms with van der Waals surface area (Å²) in [5.41, 5.74) is -4.17. The quantitative estimate of drug-likeness (QED) is 0.399. The SMILES string of the molecule is O=[N+]([O-])c1cc(C(F)(F)F)cc(Cl)c1Nc1cccc(C(F)(F)F)c1. The minimum Gasteiger partial charge on any atom is -0.349 e. The first-order chi connectivity index (χ1) is 11.4. The fourth-order valence-electron chi connectivity index (χ4n) is 1.94. The number of nitro benzene ring substituents is 1. The third kappa shape index (κ3) is 4.32. The molecule has 11 heteroatoms. The maximum absolute atomic E-state index is 12.7. The number of halogens is 7. The summed E-state index contributed by atoms with van der Waals surface area (Å²) >= 11 is 5.68. The second-order valence-electron chi connectivity index (χ2n) is 4.81. The summed E-state index contributed by atoms with van der Waals surface area (Å²) in [5, 5.41) is 12.6. The average Bonchev–Trinajstić information content (AvgIpc) is 2.47. The molecule has 0 amide bonds. The highest BCUT2D eigenvalue weighted by atomic mass is 35.5. The summed E-state index contributed by atoms with van der Waals surface area (Å²) in [4.78, 5) is 9.92. The summed E-state index contributed by atoms with van der Waals surface area (Å²) in [6.07, 6.45) is -9.53. The molecule has 0 aliphatic heterocycles. The molecular formula is C14H7ClF6N2O2. The normalized spacial score (nSPS) is 12.1. The van der Waals surface area contributed by atoms with E-state index in [4.69, 9.17) is 11.6 Å². The summed E-state index contributed by atoms with van der Waals surface area (Å²) in [6.45, 7) is 0. The monoisotopic (exact) mass is 384 g/mol. The zero-order valence-corrected chi connectivity index (χ0v) is 12.6. The maximum atomic E-state index is 12.7. The Balaban J connectivity index is 2.52. The van der Waals surface area contributed by atoms with Crippen molar-refractivity contribution in [2.75, 3.05) is 5.32 Å². The Morgan fingerprint density at radius 3 is 2.08 bits per heavy atom. The first kappa shape index (κ1) is 18.8. The van der Waals surface area contributed by atoms with E-state index in [1.165, 1.54) is 0 Å². The number of benzene rings is 2. The van der Waals surface area contributed by atoms with Crippen LogP contribution in [0.25, 0.3) is 0 Å². The fraction of sp³-hybridized carbons (Fsp3) is 0.143. The van der Waals surface area contributed by atoms with Gasteiger partial charge in [-0.2, -0.15) is 26.3 Å². The summed E-state index contributed by atoms with van der Waals surface area (Å²) in [7, 11) is 0. The highest BCUT2D eigenvalue weighted by Crippen LogP contribution is 2.41. The van der Waals surface area contributed by atoms with Crippen molar-refractivity contribution in [3.05, 3.63) is 62.7 Å². The Morgan fingerprint density at radius 2 is 1.56 bits per heavy atom. The van der Waals surface area contributed by atoms with Gasteiger partial charge in [0.2, 0.25) is 0 Å². The number of alkyl halides is 6. The molecule has 0 saturated carbocycles. The number of hydrogen-bond donors (Lipinski definition) is 1. The largest absolute Gasteiger partial charge is 0.416 e. The van der Waals surface area contributed by atoms with Crippen LogP contribution >= 0.6 is 11.6 Å². The van der Waals surface area contributed by atoms with Crippen molar-refractivity contribution in [3.8, 4) is 0 Å². The number of anilines is 2. The van der Waals surface area contributed by atoms with E-state index in [1.54, 1.807) is 0 Å². The highest BCUT2D eigenvalue weighted by molar-refractivity contribution is 6.34. The molecule has 0 heterocycles. The van der Waals surface area contributed by atoms with Crippen molar-refractivity contribution < 1.29 is 31.3 Å². The Hall–Kier alpha value is -2.49. The predicted molar refractivity (Wildman–Crippen MR) is 77.8 cm³/mol. The van der Waals surface area contributed by atoms with Crippen molar-refractivity contribution in [1.29, 1.82) is 0 Å². The molecule has 0 unspecified atom stereocenters. The number of nitrogens with zero attached hydrogens (tertiary/aromatic N) is 1. The molecule has 2 rings (SSSR count). The fourth-order valence-corrected chi connectivity index (χ4v) is 2.20. The van der Waals surface area contributed by atoms with Crippen LogP contribution in [0.2, 0.25) is 5.02 Å². The van der Waals surface area contributed by atoms with E-state index < -0.39 is 44.8 Å². The second kappa shape index (κ2) is 6.43. The van der Waals surface area contributed by atoms with Gasteiger partial charge in [-0.25, -0.2) is 0 Å². The molecule has 1 N–H and O–H groups in total. The first-order valence-corrected chi connectivity index (χ1v) is 6.77. The van der Waals surface area contributed by atoms with E-state index >= 15 is 0 Å². The Kier molecular flexibility index (Phi) is 4.85. The van der Waals surface area contributed by atoms with Gasteiger partial charge in [-0.3, -0.25) is 10.1 Å². The number of nitrogens with one attached hydrogen (secondary N) is 1. The van der Waals surface area contributed by atoms with Crippen LogP contribution in [0.1, 0.15) is 11.1 Å². The summed E-state index contributed by atoms with van der Waals surface area (Å²) in [5.74, 6) is 0. The molecule has 0 saturated heterocycles. The molecule has 0 aromatic heterocycles. The molecule has 0 aliphatic carbocycles. The van der Waals surface area contributed by atoms with Crippen molar-refractivity contribution in [2.24, 2.45) is 0 Å². The molecule has 4 nitrogen and oxygen atoms in total. The lowest BCUT2D eigenvalue weighted by Gasteiger charge is -2.14. The van der Waals surface area contributed by atoms with E-state index in [-0.39, 0.29) is 11.8 Å². The molecular weight excluding hydrogens is 378 g/mol. The van der Waals surface area contributed by atoms with Gasteiger partial charge in [-0.15, -0.1) is 0 Å². The lowest BCUT2D eigenvalue weighted by Crippen LogP contribution is -2.08. The van der Waals surface area contributed by atoms with Crippen LogP contribution in [-0.2, 0) is 12.4 Å². The molecule has 25 heavy (non-hydrogen) atoms. The summed E-state index contributed by atoms with van der Waals surface area (Å²) < 4.78 is 76.3. The Morgan fingerprint density at radius 1 is 0.960 bits per heavy atom. The minimum atomic E-state index is -4.87. The smallest absolute Gasteiger partial charge is 0.349 e. The van der Waals surface area contributed by atoms with Crippen LogP contribution in [0, 0.1) is 10.1 Å². The lowest BCUT2D eigenvalue weighted by molar-refractivity contribution is -0.384. The molecule has 134 valence electrons. The average molecular weight is 385 g/mol. The van der Waals surface area contributed by atoms with Crippen LogP contribution in [0.3, 0.4) is 0 Å². The zero-order valence-electron chi connectivity index (χ0n) is 11.9. The molecule has 0 aliphatic rings. The topological polar surface area (TPSA) is 55.2 Å². The standard InChI is InChI=1S/C14H7ClF6N2O2/c15-10-5-8(14(19,20)21)6-11(23(24)25)12(10)22-9-3-1-2-7(4-9)13(16,17)18/h1-6,22H. The van der Waals surface area contributed by atoms with Crippen LogP contribution in [-0.4, -0.2) is 4.92 Å². The van der Waals surface area contributed by atoms with Gasteiger partial charge >= 0.3 is 12.4 Å². The molecule has 0 fully saturated rings. The number of rotatable bonds is 3. The van der Waals surface area contributed by atoms with Crippen LogP contribution in [0.5, 0.6) is 0 Å². The van der Waals surface area contributed by atoms with Crippen molar-refractivity contribution >= 4 is 28.7 Å². The van der Waals surface area contributed by atoms with Crippen LogP contribution in [0.4, 0.5) is 43.4 Å². The van der Waals surface area contributed by atoms with Crippen molar-refractivity contribution in [1.82, 2.24) is 0 Å². The number of nitro groups is 1. The third-order valence-corrected chi connectivity index (χ3v) is 3.35. The lowest BCUT2D eigenvalue weighted by atomic mass is 10.1. The zero-order chi connectivity index (χ0) is 19.0. The van der Waals surface area contributed by atoms with Crippen molar-refractivity contribution in [2.45, 2.75) is 12.4 Å².